The van der Waals surface area contributed by atoms with Crippen LogP contribution in [0.3, 0.4) is 0 Å². The number of morpholine rings is 2. The van der Waals surface area contributed by atoms with Crippen molar-refractivity contribution in [2.24, 2.45) is 35.0 Å². The highest BCUT2D eigenvalue weighted by Gasteiger charge is 2.34. The number of primary amides is 2. The summed E-state index contributed by atoms with van der Waals surface area (Å²) in [5.74, 6) is 1.55. The maximum atomic E-state index is 13.2. The van der Waals surface area contributed by atoms with E-state index in [1.54, 1.807) is 58.3 Å². The summed E-state index contributed by atoms with van der Waals surface area (Å²) in [4.78, 5) is 79.2. The van der Waals surface area contributed by atoms with E-state index in [0.717, 1.165) is 56.9 Å². The average molecular weight is 1030 g/mol. The first-order valence-corrected chi connectivity index (χ1v) is 26.6. The molecule has 2 aromatic heterocycles. The standard InChI is InChI=1S/C32H44N8O4.C20H26N8O3/c33-28(41)27-29(34-25-13-11-24(12-14-25)31(43)39-16-18-44-19-17-39)36-32(38-37-27)40-15-3-6-26(20-40)35-30(42)23-9-7-22(8-10-23)21-4-1-2-5-21;21-14-2-1-7-28(12-14)20-24-18(16(17(22)29)25-26-20)23-15-5-3-13(4-6-15)19(30)27-8-10-31-11-9-27/h11-14,21-23,26H,1-10,15-20H2,(H2,33,41)(H,35,42)(H,34,36,38);3-6,14H,1-2,7-12,21H2,(H2,22,29)(H,23,24,26)/t22?,23?,26-;14-/m11/s1. The second-order valence-electron chi connectivity index (χ2n) is 20.4. The molecule has 9 N–H and O–H groups in total. The van der Waals surface area contributed by atoms with E-state index in [1.165, 1.54) is 38.5 Å². The SMILES string of the molecule is NC(=O)c1nnc(N2CCC[C@@H](N)C2)nc1Nc1ccc(C(=O)N2CCOCC2)cc1.NC(=O)c1nnc(N2CCC[C@@H](NC(=O)C3CCC(C4CCCC4)CC3)C2)nc1Nc1ccc(C(=O)N2CCOCC2)cc1. The molecule has 23 heteroatoms. The molecule has 2 atom stereocenters. The van der Waals surface area contributed by atoms with Gasteiger partial charge < -0.3 is 62.2 Å². The lowest BCUT2D eigenvalue weighted by atomic mass is 9.75. The van der Waals surface area contributed by atoms with E-state index in [-0.39, 0.29) is 58.7 Å². The Bertz CT molecular complexity index is 2620. The lowest BCUT2D eigenvalue weighted by Gasteiger charge is -2.35. The molecule has 0 unspecified atom stereocenters. The van der Waals surface area contributed by atoms with Gasteiger partial charge in [0.05, 0.1) is 26.4 Å². The molecule has 4 saturated heterocycles. The quantitative estimate of drug-likeness (QED) is 0.112. The van der Waals surface area contributed by atoms with Crippen LogP contribution in [-0.2, 0) is 14.3 Å². The minimum absolute atomic E-state index is 0.00354. The topological polar surface area (TPSA) is 308 Å². The normalized spacial score (nSPS) is 22.4. The fourth-order valence-corrected chi connectivity index (χ4v) is 11.0. The second kappa shape index (κ2) is 24.9. The van der Waals surface area contributed by atoms with Crippen molar-refractivity contribution >= 4 is 64.4 Å². The molecule has 5 amide bonds. The Morgan fingerprint density at radius 3 is 1.44 bits per heavy atom. The van der Waals surface area contributed by atoms with Gasteiger partial charge in [0.25, 0.3) is 23.6 Å². The Hall–Kier alpha value is -7.11. The van der Waals surface area contributed by atoms with Crippen molar-refractivity contribution < 1.29 is 33.4 Å². The van der Waals surface area contributed by atoms with Crippen molar-refractivity contribution in [2.75, 3.05) is 99.2 Å². The number of hydrogen-bond donors (Lipinski definition) is 6. The largest absolute Gasteiger partial charge is 0.378 e. The molecule has 2 aromatic carbocycles. The van der Waals surface area contributed by atoms with Crippen LogP contribution in [0.2, 0.25) is 0 Å². The summed E-state index contributed by atoms with van der Waals surface area (Å²) in [5.41, 5.74) is 19.4. The number of ether oxygens (including phenoxy) is 2. The second-order valence-corrected chi connectivity index (χ2v) is 20.4. The van der Waals surface area contributed by atoms with Crippen LogP contribution in [0, 0.1) is 17.8 Å². The Kier molecular flexibility index (Phi) is 17.5. The first kappa shape index (κ1) is 52.7. The van der Waals surface area contributed by atoms with Gasteiger partial charge >= 0.3 is 0 Å². The monoisotopic (exact) mass is 1030 g/mol. The van der Waals surface area contributed by atoms with Gasteiger partial charge in [-0.05, 0) is 112 Å². The minimum Gasteiger partial charge on any atom is -0.378 e. The van der Waals surface area contributed by atoms with Gasteiger partial charge in [-0.1, -0.05) is 25.7 Å². The molecule has 23 nitrogen and oxygen atoms in total. The third kappa shape index (κ3) is 13.6. The number of nitrogens with zero attached hydrogens (tertiary/aromatic N) is 10. The fourth-order valence-electron chi connectivity index (χ4n) is 11.0. The van der Waals surface area contributed by atoms with Gasteiger partial charge in [0.2, 0.25) is 17.8 Å². The fraction of sp³-hybridized carbons (Fsp3) is 0.558. The molecule has 4 aliphatic heterocycles. The Labute approximate surface area is 436 Å². The van der Waals surface area contributed by atoms with Crippen molar-refractivity contribution in [1.82, 2.24) is 45.5 Å². The van der Waals surface area contributed by atoms with Crippen LogP contribution >= 0.6 is 0 Å². The first-order chi connectivity index (χ1) is 36.4. The van der Waals surface area contributed by atoms with Crippen LogP contribution in [0.1, 0.15) is 119 Å². The van der Waals surface area contributed by atoms with Crippen molar-refractivity contribution in [3.05, 3.63) is 71.0 Å². The number of carbonyl (C=O) groups excluding carboxylic acids is 5. The highest BCUT2D eigenvalue weighted by Crippen LogP contribution is 2.41. The molecule has 75 heavy (non-hydrogen) atoms. The maximum absolute atomic E-state index is 13.2. The summed E-state index contributed by atoms with van der Waals surface area (Å²) in [5, 5.41) is 25.9. The van der Waals surface area contributed by atoms with Crippen LogP contribution in [0.5, 0.6) is 0 Å². The number of amides is 5. The number of aromatic nitrogens is 6. The summed E-state index contributed by atoms with van der Waals surface area (Å²) < 4.78 is 10.6. The van der Waals surface area contributed by atoms with Crippen LogP contribution in [-0.4, -0.2) is 161 Å². The molecule has 0 radical (unpaired) electrons. The van der Waals surface area contributed by atoms with Crippen LogP contribution in [0.15, 0.2) is 48.5 Å². The minimum atomic E-state index is -0.746. The Balaban J connectivity index is 0.000000195. The lowest BCUT2D eigenvalue weighted by Crippen LogP contribution is -2.50. The number of hydrogen-bond acceptors (Lipinski definition) is 18. The highest BCUT2D eigenvalue weighted by atomic mass is 16.5. The van der Waals surface area contributed by atoms with Gasteiger partial charge in [-0.2, -0.15) is 9.97 Å². The first-order valence-electron chi connectivity index (χ1n) is 26.6. The van der Waals surface area contributed by atoms with E-state index in [1.807, 2.05) is 9.80 Å². The third-order valence-electron chi connectivity index (χ3n) is 15.2. The summed E-state index contributed by atoms with van der Waals surface area (Å²) in [6.45, 7) is 7.14. The van der Waals surface area contributed by atoms with Crippen molar-refractivity contribution in [3.8, 4) is 0 Å². The molecule has 2 saturated carbocycles. The molecule has 2 aliphatic carbocycles. The predicted octanol–water partition coefficient (Wildman–Crippen LogP) is 3.38. The Morgan fingerprint density at radius 1 is 0.520 bits per heavy atom. The molecule has 4 aromatic rings. The molecule has 6 heterocycles. The van der Waals surface area contributed by atoms with E-state index in [4.69, 9.17) is 26.7 Å². The number of benzene rings is 2. The van der Waals surface area contributed by atoms with Crippen LogP contribution < -0.4 is 43.0 Å². The third-order valence-corrected chi connectivity index (χ3v) is 15.2. The predicted molar refractivity (Wildman–Crippen MR) is 280 cm³/mol. The smallest absolute Gasteiger partial charge is 0.273 e. The average Bonchev–Trinajstić information content (AvgIpc) is 3.99. The van der Waals surface area contributed by atoms with Crippen molar-refractivity contribution in [2.45, 2.75) is 89.1 Å². The van der Waals surface area contributed by atoms with Crippen molar-refractivity contribution in [3.63, 3.8) is 0 Å². The van der Waals surface area contributed by atoms with Gasteiger partial charge in [-0.25, -0.2) is 0 Å². The summed E-state index contributed by atoms with van der Waals surface area (Å²) in [7, 11) is 0. The van der Waals surface area contributed by atoms with Crippen molar-refractivity contribution in [1.29, 1.82) is 0 Å². The molecule has 400 valence electrons. The molecular weight excluding hydrogens is 961 g/mol. The molecular formula is C52H70N16O7. The van der Waals surface area contributed by atoms with Gasteiger partial charge in [-0.15, -0.1) is 20.4 Å². The molecule has 6 fully saturated rings. The van der Waals surface area contributed by atoms with E-state index >= 15 is 0 Å². The van der Waals surface area contributed by atoms with E-state index in [0.29, 0.717) is 107 Å². The zero-order valence-corrected chi connectivity index (χ0v) is 42.5. The molecule has 0 bridgehead atoms. The summed E-state index contributed by atoms with van der Waals surface area (Å²) in [6.07, 6.45) is 13.5. The van der Waals surface area contributed by atoms with Gasteiger partial charge in [0.15, 0.2) is 23.0 Å². The maximum Gasteiger partial charge on any atom is 0.273 e. The zero-order valence-electron chi connectivity index (χ0n) is 42.5. The molecule has 10 rings (SSSR count). The lowest BCUT2D eigenvalue weighted by molar-refractivity contribution is -0.127. The van der Waals surface area contributed by atoms with E-state index < -0.39 is 11.8 Å². The van der Waals surface area contributed by atoms with Gasteiger partial charge in [0.1, 0.15) is 0 Å². The molecule has 0 spiro atoms. The van der Waals surface area contributed by atoms with E-state index in [2.05, 4.69) is 46.3 Å². The van der Waals surface area contributed by atoms with Crippen LogP contribution in [0.4, 0.5) is 34.9 Å². The Morgan fingerprint density at radius 2 is 0.973 bits per heavy atom. The number of nitrogens with two attached hydrogens (primary N) is 3. The number of carbonyl (C=O) groups is 5. The van der Waals surface area contributed by atoms with E-state index in [9.17, 15) is 24.0 Å². The number of piperidine rings is 2. The number of rotatable bonds is 13. The molecule has 6 aliphatic rings. The number of anilines is 6. The summed E-state index contributed by atoms with van der Waals surface area (Å²) >= 11 is 0. The van der Waals surface area contributed by atoms with Crippen LogP contribution in [0.25, 0.3) is 0 Å². The van der Waals surface area contributed by atoms with Gasteiger partial charge in [0, 0.05) is 92.9 Å². The zero-order chi connectivity index (χ0) is 52.3. The highest BCUT2D eigenvalue weighted by molar-refractivity contribution is 5.98. The number of nitrogens with one attached hydrogen (secondary N) is 3. The summed E-state index contributed by atoms with van der Waals surface area (Å²) in [6, 6.07) is 14.0. The van der Waals surface area contributed by atoms with Gasteiger partial charge in [-0.3, -0.25) is 24.0 Å².